The second kappa shape index (κ2) is 9.59. The van der Waals surface area contributed by atoms with Crippen molar-refractivity contribution in [2.45, 2.75) is 32.8 Å². The van der Waals surface area contributed by atoms with E-state index in [2.05, 4.69) is 4.74 Å². The lowest BCUT2D eigenvalue weighted by molar-refractivity contribution is -0.432. The third kappa shape index (κ3) is 4.61. The standard InChI is InChI=1S/C23H22F2N2O5/c1-14-19(22(28)29)20(17-10-6-7-11-18(17)32-23(24)25)21(27(30)31)15(2)26(14)13-12-16-8-4-3-5-9-16/h3-11,20,23H,12-13H2,1-2H3,(H,28,29)/p-1. The summed E-state index contributed by atoms with van der Waals surface area (Å²) in [5, 5.41) is 24.2. The number of carbonyl (C=O) groups is 1. The molecule has 1 aliphatic rings. The number of carbonyl (C=O) groups excluding carboxylic acids is 1. The predicted molar refractivity (Wildman–Crippen MR) is 110 cm³/mol. The van der Waals surface area contributed by atoms with Crippen molar-refractivity contribution in [3.8, 4) is 5.75 Å². The summed E-state index contributed by atoms with van der Waals surface area (Å²) in [7, 11) is 0. The number of hydrogen-bond donors (Lipinski definition) is 0. The van der Waals surface area contributed by atoms with Crippen LogP contribution in [0.2, 0.25) is 0 Å². The Bertz CT molecular complexity index is 1040. The van der Waals surface area contributed by atoms with Crippen LogP contribution in [0.3, 0.4) is 0 Å². The summed E-state index contributed by atoms with van der Waals surface area (Å²) in [5.41, 5.74) is 0.628. The lowest BCUT2D eigenvalue weighted by Crippen LogP contribution is -2.39. The Morgan fingerprint density at radius 1 is 1.09 bits per heavy atom. The summed E-state index contributed by atoms with van der Waals surface area (Å²) in [4.78, 5) is 25.1. The molecule has 0 aromatic heterocycles. The predicted octanol–water partition coefficient (Wildman–Crippen LogP) is 3.46. The van der Waals surface area contributed by atoms with Crippen LogP contribution in [-0.4, -0.2) is 28.9 Å². The average Bonchev–Trinajstić information content (AvgIpc) is 2.73. The topological polar surface area (TPSA) is 95.7 Å². The highest BCUT2D eigenvalue weighted by atomic mass is 19.3. The minimum absolute atomic E-state index is 0.0416. The van der Waals surface area contributed by atoms with Crippen molar-refractivity contribution in [1.82, 2.24) is 4.90 Å². The summed E-state index contributed by atoms with van der Waals surface area (Å²) in [5.74, 6) is -3.38. The van der Waals surface area contributed by atoms with Crippen LogP contribution in [0.1, 0.15) is 30.9 Å². The summed E-state index contributed by atoms with van der Waals surface area (Å²) in [6.45, 7) is 0.155. The van der Waals surface area contributed by atoms with Crippen LogP contribution in [0.5, 0.6) is 5.75 Å². The number of hydrogen-bond acceptors (Lipinski definition) is 6. The maximum absolute atomic E-state index is 12.9. The van der Waals surface area contributed by atoms with Gasteiger partial charge in [0.1, 0.15) is 11.7 Å². The summed E-state index contributed by atoms with van der Waals surface area (Å²) in [6, 6.07) is 14.9. The molecule has 1 unspecified atom stereocenters. The zero-order chi connectivity index (χ0) is 23.4. The number of carboxylic acids is 1. The Labute approximate surface area is 183 Å². The number of alkyl halides is 2. The van der Waals surface area contributed by atoms with Crippen molar-refractivity contribution in [2.75, 3.05) is 6.54 Å². The van der Waals surface area contributed by atoms with Crippen molar-refractivity contribution in [3.63, 3.8) is 0 Å². The molecule has 0 spiro atoms. The summed E-state index contributed by atoms with van der Waals surface area (Å²) >= 11 is 0. The van der Waals surface area contributed by atoms with E-state index in [0.717, 1.165) is 5.56 Å². The normalized spacial score (nSPS) is 16.5. The Kier molecular flexibility index (Phi) is 6.87. The summed E-state index contributed by atoms with van der Waals surface area (Å²) in [6.07, 6.45) is 0.511. The lowest BCUT2D eigenvalue weighted by Gasteiger charge is -2.36. The van der Waals surface area contributed by atoms with E-state index in [9.17, 15) is 28.8 Å². The molecule has 2 aromatic rings. The van der Waals surface area contributed by atoms with Crippen LogP contribution in [-0.2, 0) is 11.2 Å². The molecule has 0 aliphatic carbocycles. The van der Waals surface area contributed by atoms with Crippen molar-refractivity contribution >= 4 is 5.97 Å². The molecular formula is C23H21F2N2O5-. The first-order chi connectivity index (χ1) is 15.2. The Morgan fingerprint density at radius 3 is 2.31 bits per heavy atom. The van der Waals surface area contributed by atoms with E-state index in [0.29, 0.717) is 6.42 Å². The van der Waals surface area contributed by atoms with Crippen molar-refractivity contribution in [3.05, 3.63) is 98.5 Å². The molecule has 7 nitrogen and oxygen atoms in total. The minimum atomic E-state index is -3.18. The van der Waals surface area contributed by atoms with Gasteiger partial charge in [-0.3, -0.25) is 10.1 Å². The van der Waals surface area contributed by atoms with Crippen LogP contribution in [0, 0.1) is 10.1 Å². The fourth-order valence-corrected chi connectivity index (χ4v) is 4.04. The van der Waals surface area contributed by atoms with Crippen molar-refractivity contribution in [2.24, 2.45) is 0 Å². The molecule has 0 saturated heterocycles. The molecule has 1 heterocycles. The van der Waals surface area contributed by atoms with Gasteiger partial charge in [-0.05, 0) is 31.9 Å². The fraction of sp³-hybridized carbons (Fsp3) is 0.261. The first-order valence-electron chi connectivity index (χ1n) is 9.84. The number of para-hydroxylation sites is 1. The maximum atomic E-state index is 12.9. The fourth-order valence-electron chi connectivity index (χ4n) is 4.04. The second-order valence-electron chi connectivity index (χ2n) is 7.25. The number of ether oxygens (including phenoxy) is 1. The third-order valence-corrected chi connectivity index (χ3v) is 5.46. The number of allylic oxidation sites excluding steroid dienone is 3. The van der Waals surface area contributed by atoms with Gasteiger partial charge in [0.15, 0.2) is 0 Å². The lowest BCUT2D eigenvalue weighted by atomic mass is 9.82. The van der Waals surface area contributed by atoms with Crippen LogP contribution < -0.4 is 9.84 Å². The van der Waals surface area contributed by atoms with Crippen LogP contribution in [0.4, 0.5) is 8.78 Å². The van der Waals surface area contributed by atoms with Gasteiger partial charge in [0.25, 0.3) is 5.70 Å². The largest absolute Gasteiger partial charge is 0.545 e. The molecular weight excluding hydrogens is 422 g/mol. The number of rotatable bonds is 8. The van der Waals surface area contributed by atoms with Gasteiger partial charge in [-0.1, -0.05) is 48.5 Å². The molecule has 0 N–H and O–H groups in total. The van der Waals surface area contributed by atoms with Gasteiger partial charge in [-0.25, -0.2) is 0 Å². The molecule has 0 amide bonds. The van der Waals surface area contributed by atoms with Crippen LogP contribution in [0.15, 0.2) is 77.3 Å². The van der Waals surface area contributed by atoms with E-state index in [1.165, 1.54) is 38.1 Å². The molecule has 2 aromatic carbocycles. The molecule has 3 rings (SSSR count). The van der Waals surface area contributed by atoms with E-state index in [-0.39, 0.29) is 34.8 Å². The molecule has 168 valence electrons. The summed E-state index contributed by atoms with van der Waals surface area (Å²) < 4.78 is 30.4. The second-order valence-corrected chi connectivity index (χ2v) is 7.25. The van der Waals surface area contributed by atoms with Gasteiger partial charge in [0.2, 0.25) is 0 Å². The molecule has 1 aliphatic heterocycles. The van der Waals surface area contributed by atoms with E-state index >= 15 is 0 Å². The Balaban J connectivity index is 2.13. The van der Waals surface area contributed by atoms with E-state index in [1.807, 2.05) is 30.3 Å². The number of benzene rings is 2. The first-order valence-corrected chi connectivity index (χ1v) is 9.84. The number of nitro groups is 1. The number of aliphatic carboxylic acids is 1. The smallest absolute Gasteiger partial charge is 0.387 e. The third-order valence-electron chi connectivity index (χ3n) is 5.46. The van der Waals surface area contributed by atoms with Gasteiger partial charge in [0.05, 0.1) is 16.6 Å². The van der Waals surface area contributed by atoms with Crippen molar-refractivity contribution < 1.29 is 28.3 Å². The zero-order valence-electron chi connectivity index (χ0n) is 17.5. The van der Waals surface area contributed by atoms with Gasteiger partial charge in [-0.2, -0.15) is 8.78 Å². The molecule has 32 heavy (non-hydrogen) atoms. The highest BCUT2D eigenvalue weighted by Crippen LogP contribution is 2.44. The van der Waals surface area contributed by atoms with Gasteiger partial charge in [-0.15, -0.1) is 0 Å². The molecule has 0 radical (unpaired) electrons. The molecule has 0 bridgehead atoms. The minimum Gasteiger partial charge on any atom is -0.545 e. The molecule has 0 saturated carbocycles. The van der Waals surface area contributed by atoms with E-state index in [1.54, 1.807) is 4.90 Å². The number of nitrogens with zero attached hydrogens (tertiary/aromatic N) is 2. The van der Waals surface area contributed by atoms with Crippen molar-refractivity contribution in [1.29, 1.82) is 0 Å². The van der Waals surface area contributed by atoms with Gasteiger partial charge >= 0.3 is 6.61 Å². The van der Waals surface area contributed by atoms with E-state index in [4.69, 9.17) is 0 Å². The Hall–Kier alpha value is -3.75. The highest BCUT2D eigenvalue weighted by molar-refractivity contribution is 5.89. The van der Waals surface area contributed by atoms with Gasteiger partial charge in [0, 0.05) is 23.4 Å². The maximum Gasteiger partial charge on any atom is 0.387 e. The first kappa shape index (κ1) is 22.9. The Morgan fingerprint density at radius 2 is 1.72 bits per heavy atom. The van der Waals surface area contributed by atoms with Crippen LogP contribution in [0.25, 0.3) is 0 Å². The van der Waals surface area contributed by atoms with Gasteiger partial charge < -0.3 is 19.5 Å². The highest BCUT2D eigenvalue weighted by Gasteiger charge is 2.42. The molecule has 0 fully saturated rings. The molecule has 1 atom stereocenters. The average molecular weight is 443 g/mol. The number of carboxylic acid groups (broad SMARTS) is 1. The monoisotopic (exact) mass is 443 g/mol. The SMILES string of the molecule is CC1=C(C(=O)[O-])C(c2ccccc2OC(F)F)C([N+](=O)[O-])=C(C)N1CCc1ccccc1. The van der Waals surface area contributed by atoms with E-state index < -0.39 is 29.1 Å². The molecule has 9 heteroatoms. The number of halogens is 2. The van der Waals surface area contributed by atoms with Crippen LogP contribution >= 0.6 is 0 Å². The quantitative estimate of drug-likeness (QED) is 0.458. The zero-order valence-corrected chi connectivity index (χ0v) is 17.5.